The summed E-state index contributed by atoms with van der Waals surface area (Å²) in [6.07, 6.45) is 0. The quantitative estimate of drug-likeness (QED) is 0.804. The van der Waals surface area contributed by atoms with Crippen LogP contribution in [-0.2, 0) is 6.54 Å². The van der Waals surface area contributed by atoms with E-state index in [0.717, 1.165) is 17.7 Å². The van der Waals surface area contributed by atoms with Gasteiger partial charge in [-0.15, -0.1) is 5.10 Å². The highest BCUT2D eigenvalue weighted by Crippen LogP contribution is 2.17. The van der Waals surface area contributed by atoms with Crippen LogP contribution in [0.4, 0.5) is 8.78 Å². The van der Waals surface area contributed by atoms with Gasteiger partial charge in [-0.1, -0.05) is 17.3 Å². The monoisotopic (exact) mass is 289 g/mol. The molecule has 0 saturated heterocycles. The van der Waals surface area contributed by atoms with Gasteiger partial charge in [-0.05, 0) is 17.7 Å². The zero-order valence-electron chi connectivity index (χ0n) is 10.6. The van der Waals surface area contributed by atoms with E-state index in [9.17, 15) is 13.6 Å². The van der Waals surface area contributed by atoms with Crippen LogP contribution in [0.2, 0.25) is 0 Å². The molecule has 106 valence electrons. The number of aromatic nitrogens is 3. The lowest BCUT2D eigenvalue weighted by molar-refractivity contribution is 0.0697. The molecule has 0 bridgehead atoms. The van der Waals surface area contributed by atoms with Crippen molar-refractivity contribution in [1.29, 1.82) is 0 Å². The van der Waals surface area contributed by atoms with Crippen LogP contribution in [0.25, 0.3) is 11.0 Å². The van der Waals surface area contributed by atoms with Crippen molar-refractivity contribution in [3.8, 4) is 0 Å². The van der Waals surface area contributed by atoms with Gasteiger partial charge in [-0.2, -0.15) is 0 Å². The molecule has 3 rings (SSSR count). The summed E-state index contributed by atoms with van der Waals surface area (Å²) in [5.74, 6) is -2.95. The average molecular weight is 289 g/mol. The maximum Gasteiger partial charge on any atom is 0.335 e. The summed E-state index contributed by atoms with van der Waals surface area (Å²) >= 11 is 0. The predicted molar refractivity (Wildman–Crippen MR) is 69.9 cm³/mol. The fourth-order valence-corrected chi connectivity index (χ4v) is 2.01. The smallest absolute Gasteiger partial charge is 0.335 e. The highest BCUT2D eigenvalue weighted by Gasteiger charge is 2.11. The maximum absolute atomic E-state index is 13.3. The largest absolute Gasteiger partial charge is 0.478 e. The Morgan fingerprint density at radius 3 is 2.48 bits per heavy atom. The number of nitrogens with zero attached hydrogens (tertiary/aromatic N) is 3. The SMILES string of the molecule is O=C(O)c1ccc(Cn2nnc3cc(F)c(F)cc32)cc1. The minimum atomic E-state index is -1.01. The van der Waals surface area contributed by atoms with Crippen LogP contribution < -0.4 is 0 Å². The number of carboxylic acids is 1. The standard InChI is InChI=1S/C14H9F2N3O2/c15-10-5-12-13(6-11(10)16)19(18-17-12)7-8-1-3-9(4-2-8)14(20)21/h1-6H,7H2,(H,20,21). The first-order valence-electron chi connectivity index (χ1n) is 6.05. The van der Waals surface area contributed by atoms with Crippen molar-refractivity contribution in [2.45, 2.75) is 6.54 Å². The highest BCUT2D eigenvalue weighted by atomic mass is 19.2. The minimum Gasteiger partial charge on any atom is -0.478 e. The summed E-state index contributed by atoms with van der Waals surface area (Å²) in [5, 5.41) is 16.4. The summed E-state index contributed by atoms with van der Waals surface area (Å²) in [5.41, 5.74) is 1.58. The number of carboxylic acid groups (broad SMARTS) is 1. The second-order valence-electron chi connectivity index (χ2n) is 4.50. The average Bonchev–Trinajstić information content (AvgIpc) is 2.82. The Balaban J connectivity index is 1.94. The van der Waals surface area contributed by atoms with Crippen LogP contribution in [0.3, 0.4) is 0 Å². The molecule has 1 N–H and O–H groups in total. The molecular weight excluding hydrogens is 280 g/mol. The van der Waals surface area contributed by atoms with Gasteiger partial charge < -0.3 is 5.11 Å². The molecule has 0 spiro atoms. The first kappa shape index (κ1) is 13.2. The fourth-order valence-electron chi connectivity index (χ4n) is 2.01. The number of hydrogen-bond acceptors (Lipinski definition) is 3. The Bertz CT molecular complexity index is 828. The first-order chi connectivity index (χ1) is 10.0. The van der Waals surface area contributed by atoms with E-state index in [1.54, 1.807) is 12.1 Å². The number of rotatable bonds is 3. The Kier molecular flexibility index (Phi) is 3.09. The van der Waals surface area contributed by atoms with Crippen molar-refractivity contribution in [2.24, 2.45) is 0 Å². The van der Waals surface area contributed by atoms with E-state index in [0.29, 0.717) is 5.52 Å². The van der Waals surface area contributed by atoms with Gasteiger partial charge in [0.1, 0.15) is 5.52 Å². The topological polar surface area (TPSA) is 68.0 Å². The second kappa shape index (κ2) is 4.93. The summed E-state index contributed by atoms with van der Waals surface area (Å²) in [6.45, 7) is 0.279. The van der Waals surface area contributed by atoms with Crippen LogP contribution in [0.15, 0.2) is 36.4 Å². The van der Waals surface area contributed by atoms with Gasteiger partial charge in [0.25, 0.3) is 0 Å². The van der Waals surface area contributed by atoms with Crippen molar-refractivity contribution >= 4 is 17.0 Å². The molecule has 0 fully saturated rings. The van der Waals surface area contributed by atoms with Crippen molar-refractivity contribution in [1.82, 2.24) is 15.0 Å². The second-order valence-corrected chi connectivity index (χ2v) is 4.50. The molecule has 0 aliphatic heterocycles. The highest BCUT2D eigenvalue weighted by molar-refractivity contribution is 5.87. The van der Waals surface area contributed by atoms with Crippen LogP contribution in [-0.4, -0.2) is 26.1 Å². The van der Waals surface area contributed by atoms with Gasteiger partial charge in [-0.25, -0.2) is 18.3 Å². The van der Waals surface area contributed by atoms with Crippen molar-refractivity contribution < 1.29 is 18.7 Å². The number of fused-ring (bicyclic) bond motifs is 1. The number of benzene rings is 2. The maximum atomic E-state index is 13.3. The summed E-state index contributed by atoms with van der Waals surface area (Å²) < 4.78 is 27.8. The van der Waals surface area contributed by atoms with E-state index in [2.05, 4.69) is 10.3 Å². The Morgan fingerprint density at radius 2 is 1.81 bits per heavy atom. The lowest BCUT2D eigenvalue weighted by Crippen LogP contribution is -2.03. The molecule has 0 aliphatic rings. The Morgan fingerprint density at radius 1 is 1.14 bits per heavy atom. The zero-order valence-corrected chi connectivity index (χ0v) is 10.6. The number of carbonyl (C=O) groups is 1. The van der Waals surface area contributed by atoms with E-state index in [1.807, 2.05) is 0 Å². The summed E-state index contributed by atoms with van der Waals surface area (Å²) in [4.78, 5) is 10.8. The molecule has 0 amide bonds. The molecule has 1 heterocycles. The van der Waals surface area contributed by atoms with Crippen LogP contribution in [0.1, 0.15) is 15.9 Å². The van der Waals surface area contributed by atoms with Gasteiger partial charge in [0.2, 0.25) is 0 Å². The molecule has 7 heteroatoms. The van der Waals surface area contributed by atoms with Crippen LogP contribution in [0, 0.1) is 11.6 Å². The van der Waals surface area contributed by atoms with Crippen molar-refractivity contribution in [3.63, 3.8) is 0 Å². The van der Waals surface area contributed by atoms with Gasteiger partial charge in [-0.3, -0.25) is 0 Å². The third-order valence-corrected chi connectivity index (χ3v) is 3.09. The summed E-state index contributed by atoms with van der Waals surface area (Å²) in [6, 6.07) is 8.24. The van der Waals surface area contributed by atoms with Gasteiger partial charge in [0.15, 0.2) is 11.6 Å². The molecule has 1 aromatic heterocycles. The molecule has 3 aromatic rings. The normalized spacial score (nSPS) is 11.0. The van der Waals surface area contributed by atoms with Gasteiger partial charge in [0.05, 0.1) is 17.6 Å². The van der Waals surface area contributed by atoms with Gasteiger partial charge in [0, 0.05) is 12.1 Å². The van der Waals surface area contributed by atoms with Crippen molar-refractivity contribution in [2.75, 3.05) is 0 Å². The molecule has 21 heavy (non-hydrogen) atoms. The van der Waals surface area contributed by atoms with E-state index < -0.39 is 17.6 Å². The molecule has 0 aliphatic carbocycles. The van der Waals surface area contributed by atoms with Gasteiger partial charge >= 0.3 is 5.97 Å². The van der Waals surface area contributed by atoms with Crippen molar-refractivity contribution in [3.05, 3.63) is 59.2 Å². The lowest BCUT2D eigenvalue weighted by Gasteiger charge is -2.03. The van der Waals surface area contributed by atoms with E-state index in [-0.39, 0.29) is 17.6 Å². The zero-order chi connectivity index (χ0) is 15.0. The van der Waals surface area contributed by atoms with E-state index >= 15 is 0 Å². The fraction of sp³-hybridized carbons (Fsp3) is 0.0714. The molecular formula is C14H9F2N3O2. The molecule has 0 atom stereocenters. The molecule has 2 aromatic carbocycles. The first-order valence-corrected chi connectivity index (χ1v) is 6.05. The lowest BCUT2D eigenvalue weighted by atomic mass is 10.1. The van der Waals surface area contributed by atoms with Crippen LogP contribution >= 0.6 is 0 Å². The molecule has 5 nitrogen and oxygen atoms in total. The molecule has 0 radical (unpaired) electrons. The number of hydrogen-bond donors (Lipinski definition) is 1. The van der Waals surface area contributed by atoms with E-state index in [1.165, 1.54) is 16.8 Å². The molecule has 0 saturated carbocycles. The van der Waals surface area contributed by atoms with E-state index in [4.69, 9.17) is 5.11 Å². The Hall–Kier alpha value is -2.83. The Labute approximate surface area is 117 Å². The minimum absolute atomic E-state index is 0.176. The third kappa shape index (κ3) is 2.45. The predicted octanol–water partition coefficient (Wildman–Crippen LogP) is 2.46. The molecule has 0 unspecified atom stereocenters. The third-order valence-electron chi connectivity index (χ3n) is 3.09. The number of halogens is 2. The summed E-state index contributed by atoms with van der Waals surface area (Å²) in [7, 11) is 0. The van der Waals surface area contributed by atoms with Crippen LogP contribution in [0.5, 0.6) is 0 Å². The number of aromatic carboxylic acids is 1.